The van der Waals surface area contributed by atoms with Crippen molar-refractivity contribution in [3.63, 3.8) is 0 Å². The zero-order valence-electron chi connectivity index (χ0n) is 13.6. The molecule has 0 fully saturated rings. The van der Waals surface area contributed by atoms with E-state index < -0.39 is 0 Å². The molecule has 0 saturated heterocycles. The van der Waals surface area contributed by atoms with Gasteiger partial charge in [0.05, 0.1) is 13.7 Å². The minimum atomic E-state index is -0.275. The van der Waals surface area contributed by atoms with Gasteiger partial charge < -0.3 is 15.0 Å². The molecule has 2 aromatic rings. The Morgan fingerprint density at radius 3 is 2.50 bits per heavy atom. The molecule has 126 valence electrons. The van der Waals surface area contributed by atoms with Gasteiger partial charge in [0.2, 0.25) is 5.91 Å². The van der Waals surface area contributed by atoms with E-state index in [4.69, 9.17) is 4.74 Å². The maximum atomic E-state index is 12.2. The molecule has 0 spiro atoms. The number of likely N-dealkylation sites (N-methyl/N-ethyl adjacent to an activating group) is 1. The summed E-state index contributed by atoms with van der Waals surface area (Å²) in [5, 5.41) is 2.64. The second-order valence-electron chi connectivity index (χ2n) is 5.29. The summed E-state index contributed by atoms with van der Waals surface area (Å²) in [6.45, 7) is 0.424. The highest BCUT2D eigenvalue weighted by Gasteiger charge is 2.12. The molecule has 0 atom stereocenters. The van der Waals surface area contributed by atoms with Crippen molar-refractivity contribution < 1.29 is 14.3 Å². The zero-order chi connectivity index (χ0) is 17.5. The summed E-state index contributed by atoms with van der Waals surface area (Å²) >= 11 is 3.32. The second kappa shape index (κ2) is 8.49. The van der Waals surface area contributed by atoms with Gasteiger partial charge in [-0.1, -0.05) is 34.1 Å². The topological polar surface area (TPSA) is 58.6 Å². The molecule has 2 aromatic carbocycles. The first-order valence-electron chi connectivity index (χ1n) is 7.40. The lowest BCUT2D eigenvalue weighted by molar-refractivity contribution is -0.129. The van der Waals surface area contributed by atoms with E-state index >= 15 is 0 Å². The number of ether oxygens (including phenoxy) is 1. The van der Waals surface area contributed by atoms with Gasteiger partial charge in [0.1, 0.15) is 5.75 Å². The van der Waals surface area contributed by atoms with Crippen LogP contribution in [-0.4, -0.2) is 37.4 Å². The molecule has 0 aliphatic rings. The van der Waals surface area contributed by atoms with Gasteiger partial charge >= 0.3 is 0 Å². The highest BCUT2D eigenvalue weighted by atomic mass is 79.9. The van der Waals surface area contributed by atoms with E-state index in [1.807, 2.05) is 30.3 Å². The van der Waals surface area contributed by atoms with E-state index in [1.54, 1.807) is 37.3 Å². The van der Waals surface area contributed by atoms with E-state index in [2.05, 4.69) is 21.2 Å². The van der Waals surface area contributed by atoms with Crippen molar-refractivity contribution in [2.75, 3.05) is 20.7 Å². The summed E-state index contributed by atoms with van der Waals surface area (Å²) in [5.74, 6) is 0.339. The molecule has 0 aliphatic heterocycles. The van der Waals surface area contributed by atoms with Crippen LogP contribution in [0.5, 0.6) is 5.75 Å². The normalized spacial score (nSPS) is 10.1. The third-order valence-corrected chi connectivity index (χ3v) is 3.98. The first-order valence-corrected chi connectivity index (χ1v) is 8.19. The van der Waals surface area contributed by atoms with Gasteiger partial charge in [-0.2, -0.15) is 0 Å². The van der Waals surface area contributed by atoms with Crippen molar-refractivity contribution in [3.8, 4) is 5.75 Å². The summed E-state index contributed by atoms with van der Waals surface area (Å²) < 4.78 is 5.92. The number of hydrogen-bond donors (Lipinski definition) is 1. The predicted molar refractivity (Wildman–Crippen MR) is 95.9 cm³/mol. The van der Waals surface area contributed by atoms with E-state index in [9.17, 15) is 9.59 Å². The second-order valence-corrected chi connectivity index (χ2v) is 6.21. The molecule has 2 amide bonds. The van der Waals surface area contributed by atoms with Crippen molar-refractivity contribution in [2.45, 2.75) is 6.54 Å². The number of methoxy groups -OCH3 is 1. The lowest BCUT2D eigenvalue weighted by Crippen LogP contribution is -2.37. The number of halogens is 1. The lowest BCUT2D eigenvalue weighted by atomic mass is 10.2. The third-order valence-electron chi connectivity index (χ3n) is 3.49. The summed E-state index contributed by atoms with van der Waals surface area (Å²) in [5.41, 5.74) is 1.50. The number of hydrogen-bond acceptors (Lipinski definition) is 3. The van der Waals surface area contributed by atoms with Crippen LogP contribution in [0.4, 0.5) is 0 Å². The van der Waals surface area contributed by atoms with Crippen LogP contribution < -0.4 is 10.1 Å². The summed E-state index contributed by atoms with van der Waals surface area (Å²) in [7, 11) is 3.32. The number of carbonyl (C=O) groups excluding carboxylic acids is 2. The number of nitrogens with one attached hydrogen (secondary N) is 1. The van der Waals surface area contributed by atoms with Crippen molar-refractivity contribution in [1.29, 1.82) is 0 Å². The smallest absolute Gasteiger partial charge is 0.251 e. The van der Waals surface area contributed by atoms with Gasteiger partial charge in [-0.25, -0.2) is 0 Å². The Morgan fingerprint density at radius 2 is 1.88 bits per heavy atom. The molecule has 0 saturated carbocycles. The van der Waals surface area contributed by atoms with E-state index in [1.165, 1.54) is 0 Å². The molecule has 2 rings (SSSR count). The van der Waals surface area contributed by atoms with E-state index in [0.717, 1.165) is 15.8 Å². The van der Waals surface area contributed by atoms with Crippen LogP contribution in [0.3, 0.4) is 0 Å². The van der Waals surface area contributed by atoms with Gasteiger partial charge in [-0.3, -0.25) is 9.59 Å². The predicted octanol–water partition coefficient (Wildman–Crippen LogP) is 2.85. The van der Waals surface area contributed by atoms with Gasteiger partial charge in [-0.15, -0.1) is 0 Å². The fourth-order valence-corrected chi connectivity index (χ4v) is 2.51. The van der Waals surface area contributed by atoms with Crippen molar-refractivity contribution in [1.82, 2.24) is 10.2 Å². The van der Waals surface area contributed by atoms with Crippen LogP contribution in [0.2, 0.25) is 0 Å². The standard InChI is InChI=1S/C18H19BrN2O3/c1-21(12-13-6-8-16(24-2)9-7-13)17(22)11-20-18(23)14-4-3-5-15(19)10-14/h3-10H,11-12H2,1-2H3,(H,20,23). The van der Waals surface area contributed by atoms with Crippen LogP contribution in [0.1, 0.15) is 15.9 Å². The maximum absolute atomic E-state index is 12.2. The van der Waals surface area contributed by atoms with Crippen molar-refractivity contribution in [3.05, 3.63) is 64.1 Å². The number of rotatable bonds is 6. The molecule has 0 aromatic heterocycles. The molecule has 6 heteroatoms. The maximum Gasteiger partial charge on any atom is 0.251 e. The molecule has 0 radical (unpaired) electrons. The Bertz CT molecular complexity index is 716. The lowest BCUT2D eigenvalue weighted by Gasteiger charge is -2.18. The first kappa shape index (κ1) is 18.0. The highest BCUT2D eigenvalue weighted by molar-refractivity contribution is 9.10. The minimum Gasteiger partial charge on any atom is -0.497 e. The fourth-order valence-electron chi connectivity index (χ4n) is 2.12. The zero-order valence-corrected chi connectivity index (χ0v) is 15.2. The first-order chi connectivity index (χ1) is 11.5. The number of carbonyl (C=O) groups is 2. The molecular formula is C18H19BrN2O3. The summed E-state index contributed by atoms with van der Waals surface area (Å²) in [4.78, 5) is 25.8. The quantitative estimate of drug-likeness (QED) is 0.824. The van der Waals surface area contributed by atoms with Crippen LogP contribution in [0.25, 0.3) is 0 Å². The Hall–Kier alpha value is -2.34. The van der Waals surface area contributed by atoms with E-state index in [-0.39, 0.29) is 18.4 Å². The average Bonchev–Trinajstić information content (AvgIpc) is 2.60. The molecule has 0 unspecified atom stereocenters. The average molecular weight is 391 g/mol. The highest BCUT2D eigenvalue weighted by Crippen LogP contribution is 2.13. The molecule has 0 aliphatic carbocycles. The Labute approximate surface area is 149 Å². The molecule has 5 nitrogen and oxygen atoms in total. The SMILES string of the molecule is COc1ccc(CN(C)C(=O)CNC(=O)c2cccc(Br)c2)cc1. The summed E-state index contributed by atoms with van der Waals surface area (Å²) in [6, 6.07) is 14.5. The van der Waals surface area contributed by atoms with Crippen molar-refractivity contribution in [2.24, 2.45) is 0 Å². The van der Waals surface area contributed by atoms with Gasteiger partial charge in [0, 0.05) is 23.6 Å². The molecular weight excluding hydrogens is 372 g/mol. The molecule has 0 bridgehead atoms. The molecule has 0 heterocycles. The van der Waals surface area contributed by atoms with Crippen molar-refractivity contribution >= 4 is 27.7 Å². The number of benzene rings is 2. The van der Waals surface area contributed by atoms with Gasteiger partial charge in [0.25, 0.3) is 5.91 Å². The van der Waals surface area contributed by atoms with Crippen LogP contribution in [-0.2, 0) is 11.3 Å². The largest absolute Gasteiger partial charge is 0.497 e. The fraction of sp³-hybridized carbons (Fsp3) is 0.222. The van der Waals surface area contributed by atoms with E-state index in [0.29, 0.717) is 12.1 Å². The number of nitrogens with zero attached hydrogens (tertiary/aromatic N) is 1. The molecule has 1 N–H and O–H groups in total. The molecule has 24 heavy (non-hydrogen) atoms. The monoisotopic (exact) mass is 390 g/mol. The van der Waals surface area contributed by atoms with Gasteiger partial charge in [-0.05, 0) is 35.9 Å². The Morgan fingerprint density at radius 1 is 1.17 bits per heavy atom. The van der Waals surface area contributed by atoms with Crippen LogP contribution in [0, 0.1) is 0 Å². The third kappa shape index (κ3) is 5.09. The number of amides is 2. The summed E-state index contributed by atoms with van der Waals surface area (Å²) in [6.07, 6.45) is 0. The van der Waals surface area contributed by atoms with Crippen LogP contribution in [0.15, 0.2) is 53.0 Å². The van der Waals surface area contributed by atoms with Gasteiger partial charge in [0.15, 0.2) is 0 Å². The Kier molecular flexibility index (Phi) is 6.37. The minimum absolute atomic E-state index is 0.0436. The van der Waals surface area contributed by atoms with Crippen LogP contribution >= 0.6 is 15.9 Å². The Balaban J connectivity index is 1.85.